The lowest BCUT2D eigenvalue weighted by Crippen LogP contribution is -2.17. The minimum atomic E-state index is -0.174. The molecular weight excluding hydrogens is 254 g/mol. The third kappa shape index (κ3) is 2.31. The van der Waals surface area contributed by atoms with Crippen LogP contribution in [-0.4, -0.2) is 25.5 Å². The molecule has 0 aromatic heterocycles. The highest BCUT2D eigenvalue weighted by atomic mass is 35.5. The third-order valence-corrected chi connectivity index (χ3v) is 3.20. The molecule has 5 heteroatoms. The van der Waals surface area contributed by atoms with Gasteiger partial charge >= 0.3 is 0 Å². The van der Waals surface area contributed by atoms with Crippen LogP contribution < -0.4 is 15.2 Å². The van der Waals surface area contributed by atoms with Gasteiger partial charge < -0.3 is 15.2 Å². The Balaban J connectivity index is 2.61. The van der Waals surface area contributed by atoms with E-state index >= 15 is 0 Å². The maximum absolute atomic E-state index is 11.9. The largest absolute Gasteiger partial charge is 0.489 e. The van der Waals surface area contributed by atoms with Crippen LogP contribution in [0, 0.1) is 0 Å². The molecule has 0 radical (unpaired) electrons. The number of halogens is 1. The average Bonchev–Trinajstić information content (AvgIpc) is 2.61. The Morgan fingerprint density at radius 1 is 1.44 bits per heavy atom. The van der Waals surface area contributed by atoms with Crippen LogP contribution in [0.1, 0.15) is 29.3 Å². The summed E-state index contributed by atoms with van der Waals surface area (Å²) in [6.07, 6.45) is 1.46. The first kappa shape index (κ1) is 13.2. The Kier molecular flexibility index (Phi) is 4.09. The zero-order chi connectivity index (χ0) is 13.1. The van der Waals surface area contributed by atoms with E-state index in [1.54, 1.807) is 6.07 Å². The molecule has 1 aromatic rings. The lowest BCUT2D eigenvalue weighted by atomic mass is 9.99. The van der Waals surface area contributed by atoms with Gasteiger partial charge in [0.1, 0.15) is 0 Å². The Labute approximate surface area is 111 Å². The van der Waals surface area contributed by atoms with Gasteiger partial charge in [0.2, 0.25) is 0 Å². The number of nitrogens with two attached hydrogens (primary N) is 1. The number of fused-ring (bicyclic) bond motifs is 1. The SMILES string of the molecule is CCc1c2c(cc(Cl)c1C(=O)CN)OCCCO2. The van der Waals surface area contributed by atoms with Gasteiger partial charge in [-0.15, -0.1) is 0 Å². The van der Waals surface area contributed by atoms with E-state index in [0.717, 1.165) is 12.0 Å². The third-order valence-electron chi connectivity index (χ3n) is 2.91. The predicted octanol–water partition coefficient (Wildman–Crippen LogP) is 2.21. The van der Waals surface area contributed by atoms with Crippen molar-refractivity contribution in [3.05, 3.63) is 22.2 Å². The first-order valence-electron chi connectivity index (χ1n) is 6.03. The maximum Gasteiger partial charge on any atom is 0.178 e. The van der Waals surface area contributed by atoms with Crippen LogP contribution in [0.25, 0.3) is 0 Å². The van der Waals surface area contributed by atoms with Crippen LogP contribution >= 0.6 is 11.6 Å². The highest BCUT2D eigenvalue weighted by molar-refractivity contribution is 6.34. The zero-order valence-corrected chi connectivity index (χ0v) is 11.0. The lowest BCUT2D eigenvalue weighted by Gasteiger charge is -2.16. The maximum atomic E-state index is 11.9. The van der Waals surface area contributed by atoms with E-state index in [9.17, 15) is 4.79 Å². The number of hydrogen-bond acceptors (Lipinski definition) is 4. The molecule has 0 amide bonds. The smallest absolute Gasteiger partial charge is 0.178 e. The molecule has 0 saturated heterocycles. The summed E-state index contributed by atoms with van der Waals surface area (Å²) < 4.78 is 11.3. The Morgan fingerprint density at radius 2 is 2.17 bits per heavy atom. The summed E-state index contributed by atoms with van der Waals surface area (Å²) in [5, 5.41) is 0.381. The second-order valence-corrected chi connectivity index (χ2v) is 4.48. The normalized spacial score (nSPS) is 14.2. The van der Waals surface area contributed by atoms with E-state index in [0.29, 0.717) is 41.7 Å². The van der Waals surface area contributed by atoms with Gasteiger partial charge in [-0.3, -0.25) is 4.79 Å². The molecule has 1 aliphatic rings. The molecular formula is C13H16ClNO3. The van der Waals surface area contributed by atoms with Crippen molar-refractivity contribution in [2.24, 2.45) is 5.73 Å². The van der Waals surface area contributed by atoms with Gasteiger partial charge in [0.15, 0.2) is 17.3 Å². The number of Topliss-reactive ketones (excluding diaryl/α,β-unsaturated/α-hetero) is 1. The molecule has 0 saturated carbocycles. The highest BCUT2D eigenvalue weighted by Gasteiger charge is 2.23. The van der Waals surface area contributed by atoms with E-state index in [-0.39, 0.29) is 12.3 Å². The number of ether oxygens (including phenoxy) is 2. The van der Waals surface area contributed by atoms with E-state index < -0.39 is 0 Å². The van der Waals surface area contributed by atoms with Crippen LogP contribution in [0.3, 0.4) is 0 Å². The molecule has 0 unspecified atom stereocenters. The topological polar surface area (TPSA) is 61.6 Å². The quantitative estimate of drug-likeness (QED) is 0.855. The molecule has 1 aliphatic heterocycles. The number of benzene rings is 1. The van der Waals surface area contributed by atoms with Crippen molar-refractivity contribution in [2.45, 2.75) is 19.8 Å². The average molecular weight is 270 g/mol. The molecule has 1 aromatic carbocycles. The fourth-order valence-corrected chi connectivity index (χ4v) is 2.40. The van der Waals surface area contributed by atoms with Crippen molar-refractivity contribution in [1.82, 2.24) is 0 Å². The Hall–Kier alpha value is -1.26. The van der Waals surface area contributed by atoms with Gasteiger partial charge in [-0.25, -0.2) is 0 Å². The number of hydrogen-bond donors (Lipinski definition) is 1. The molecule has 0 spiro atoms. The number of ketones is 1. The first-order chi connectivity index (χ1) is 8.69. The summed E-state index contributed by atoms with van der Waals surface area (Å²) in [6, 6.07) is 1.64. The van der Waals surface area contributed by atoms with Crippen molar-refractivity contribution in [3.8, 4) is 11.5 Å². The number of carbonyl (C=O) groups is 1. The number of carbonyl (C=O) groups excluding carboxylic acids is 1. The zero-order valence-electron chi connectivity index (χ0n) is 10.3. The van der Waals surface area contributed by atoms with E-state index in [2.05, 4.69) is 0 Å². The van der Waals surface area contributed by atoms with Crippen molar-refractivity contribution < 1.29 is 14.3 Å². The van der Waals surface area contributed by atoms with Gasteiger partial charge in [0.25, 0.3) is 0 Å². The van der Waals surface area contributed by atoms with Crippen molar-refractivity contribution >= 4 is 17.4 Å². The predicted molar refractivity (Wildman–Crippen MR) is 69.8 cm³/mol. The summed E-state index contributed by atoms with van der Waals surface area (Å²) in [6.45, 7) is 3.06. The van der Waals surface area contributed by atoms with E-state index in [1.165, 1.54) is 0 Å². The molecule has 18 heavy (non-hydrogen) atoms. The molecule has 2 N–H and O–H groups in total. The second-order valence-electron chi connectivity index (χ2n) is 4.07. The number of rotatable bonds is 3. The monoisotopic (exact) mass is 269 g/mol. The lowest BCUT2D eigenvalue weighted by molar-refractivity contribution is 0.1000. The van der Waals surface area contributed by atoms with Crippen molar-refractivity contribution in [3.63, 3.8) is 0 Å². The van der Waals surface area contributed by atoms with Gasteiger partial charge in [-0.2, -0.15) is 0 Å². The fourth-order valence-electron chi connectivity index (χ4n) is 2.08. The first-order valence-corrected chi connectivity index (χ1v) is 6.41. The summed E-state index contributed by atoms with van der Waals surface area (Å²) in [4.78, 5) is 11.9. The van der Waals surface area contributed by atoms with E-state index in [4.69, 9.17) is 26.8 Å². The van der Waals surface area contributed by atoms with Crippen LogP contribution in [0.15, 0.2) is 6.07 Å². The highest BCUT2D eigenvalue weighted by Crippen LogP contribution is 2.40. The van der Waals surface area contributed by atoms with Crippen LogP contribution in [0.2, 0.25) is 5.02 Å². The molecule has 0 fully saturated rings. The van der Waals surface area contributed by atoms with Gasteiger partial charge in [0.05, 0.1) is 24.8 Å². The molecule has 1 heterocycles. The van der Waals surface area contributed by atoms with Crippen LogP contribution in [-0.2, 0) is 6.42 Å². The standard InChI is InChI=1S/C13H16ClNO3/c1-2-8-12(10(16)7-15)9(14)6-11-13(8)18-5-3-4-17-11/h6H,2-5,7,15H2,1H3. The Morgan fingerprint density at radius 3 is 2.83 bits per heavy atom. The summed E-state index contributed by atoms with van der Waals surface area (Å²) in [5.41, 5.74) is 6.67. The van der Waals surface area contributed by atoms with Gasteiger partial charge in [0, 0.05) is 23.6 Å². The minimum Gasteiger partial charge on any atom is -0.489 e. The van der Waals surface area contributed by atoms with Crippen molar-refractivity contribution in [2.75, 3.05) is 19.8 Å². The molecule has 4 nitrogen and oxygen atoms in total. The summed E-state index contributed by atoms with van der Waals surface area (Å²) >= 11 is 6.16. The summed E-state index contributed by atoms with van der Waals surface area (Å²) in [5.74, 6) is 1.08. The minimum absolute atomic E-state index is 0.0631. The van der Waals surface area contributed by atoms with Crippen LogP contribution in [0.5, 0.6) is 11.5 Å². The Bertz CT molecular complexity index is 474. The molecule has 0 bridgehead atoms. The molecule has 0 atom stereocenters. The molecule has 2 rings (SSSR count). The van der Waals surface area contributed by atoms with Crippen molar-refractivity contribution in [1.29, 1.82) is 0 Å². The molecule has 0 aliphatic carbocycles. The van der Waals surface area contributed by atoms with Gasteiger partial charge in [-0.1, -0.05) is 18.5 Å². The van der Waals surface area contributed by atoms with E-state index in [1.807, 2.05) is 6.92 Å². The summed E-state index contributed by atoms with van der Waals surface area (Å²) in [7, 11) is 0. The van der Waals surface area contributed by atoms with Crippen LogP contribution in [0.4, 0.5) is 0 Å². The fraction of sp³-hybridized carbons (Fsp3) is 0.462. The molecule has 98 valence electrons. The second kappa shape index (κ2) is 5.59. The van der Waals surface area contributed by atoms with Gasteiger partial charge in [-0.05, 0) is 6.42 Å².